The van der Waals surface area contributed by atoms with Crippen LogP contribution in [0.5, 0.6) is 0 Å². The third-order valence-electron chi connectivity index (χ3n) is 5.25. The number of alkyl carbamates (subject to hydrolysis) is 1. The molecule has 2 saturated heterocycles. The van der Waals surface area contributed by atoms with Crippen molar-refractivity contribution in [3.05, 3.63) is 35.9 Å². The Bertz CT molecular complexity index is 509. The van der Waals surface area contributed by atoms with Gasteiger partial charge in [0.05, 0.1) is 6.04 Å². The Morgan fingerprint density at radius 3 is 2.61 bits per heavy atom. The van der Waals surface area contributed by atoms with Crippen LogP contribution in [0.2, 0.25) is 0 Å². The van der Waals surface area contributed by atoms with Crippen LogP contribution in [0.25, 0.3) is 0 Å². The quantitative estimate of drug-likeness (QED) is 0.810. The number of piperidine rings is 1. The molecule has 0 saturated carbocycles. The molecule has 3 rings (SSSR count). The lowest BCUT2D eigenvalue weighted by Gasteiger charge is -2.40. The van der Waals surface area contributed by atoms with Crippen molar-refractivity contribution < 1.29 is 9.53 Å². The molecule has 1 atom stereocenters. The van der Waals surface area contributed by atoms with Gasteiger partial charge in [0, 0.05) is 25.9 Å². The molecule has 1 unspecified atom stereocenters. The fraction of sp³-hybridized carbons (Fsp3) is 0.632. The van der Waals surface area contributed by atoms with E-state index in [4.69, 9.17) is 4.74 Å². The van der Waals surface area contributed by atoms with Gasteiger partial charge in [-0.05, 0) is 18.5 Å². The Hall–Kier alpha value is -1.55. The van der Waals surface area contributed by atoms with E-state index in [2.05, 4.69) is 29.3 Å². The molecule has 126 valence electrons. The maximum atomic E-state index is 11.9. The van der Waals surface area contributed by atoms with Gasteiger partial charge in [0.15, 0.2) is 0 Å². The largest absolute Gasteiger partial charge is 0.440 e. The average molecular weight is 316 g/mol. The van der Waals surface area contributed by atoms with Crippen molar-refractivity contribution in [2.45, 2.75) is 57.1 Å². The molecule has 1 aromatic rings. The van der Waals surface area contributed by atoms with Crippen molar-refractivity contribution in [2.24, 2.45) is 0 Å². The van der Waals surface area contributed by atoms with Crippen molar-refractivity contribution in [1.29, 1.82) is 0 Å². The Kier molecular flexibility index (Phi) is 5.21. The second kappa shape index (κ2) is 7.35. The van der Waals surface area contributed by atoms with E-state index >= 15 is 0 Å². The first-order valence-corrected chi connectivity index (χ1v) is 9.00. The topological polar surface area (TPSA) is 41.6 Å². The number of unbranched alkanes of at least 4 members (excludes halogenated alkanes) is 3. The van der Waals surface area contributed by atoms with Gasteiger partial charge in [0.25, 0.3) is 0 Å². The Labute approximate surface area is 139 Å². The molecule has 0 aromatic heterocycles. The fourth-order valence-corrected chi connectivity index (χ4v) is 3.86. The number of hydrogen-bond donors (Lipinski definition) is 1. The lowest BCUT2D eigenvalue weighted by atomic mass is 9.81. The number of nitrogens with one attached hydrogen (secondary N) is 1. The SMILES string of the molecule is CCCCCCN1CCC2(CC1)OC(=O)NC2c1ccccc1. The van der Waals surface area contributed by atoms with Gasteiger partial charge in [-0.3, -0.25) is 0 Å². The number of ether oxygens (including phenoxy) is 1. The highest BCUT2D eigenvalue weighted by atomic mass is 16.6. The fourth-order valence-electron chi connectivity index (χ4n) is 3.86. The van der Waals surface area contributed by atoms with Crippen molar-refractivity contribution in [1.82, 2.24) is 10.2 Å². The minimum atomic E-state index is -0.363. The van der Waals surface area contributed by atoms with Gasteiger partial charge in [-0.15, -0.1) is 0 Å². The van der Waals surface area contributed by atoms with Crippen LogP contribution in [0.15, 0.2) is 30.3 Å². The molecule has 2 aliphatic heterocycles. The number of amides is 1. The third-order valence-corrected chi connectivity index (χ3v) is 5.25. The van der Waals surface area contributed by atoms with E-state index in [0.29, 0.717) is 0 Å². The summed E-state index contributed by atoms with van der Waals surface area (Å²) in [6, 6.07) is 10.2. The van der Waals surface area contributed by atoms with Gasteiger partial charge < -0.3 is 15.0 Å². The highest BCUT2D eigenvalue weighted by Gasteiger charge is 2.51. The number of carbonyl (C=O) groups excluding carboxylic acids is 1. The van der Waals surface area contributed by atoms with Crippen LogP contribution in [0, 0.1) is 0 Å². The van der Waals surface area contributed by atoms with E-state index in [1.54, 1.807) is 0 Å². The Balaban J connectivity index is 1.60. The molecule has 4 nitrogen and oxygen atoms in total. The Morgan fingerprint density at radius 2 is 1.91 bits per heavy atom. The zero-order chi connectivity index (χ0) is 16.1. The van der Waals surface area contributed by atoms with Gasteiger partial charge >= 0.3 is 6.09 Å². The van der Waals surface area contributed by atoms with Crippen LogP contribution in [-0.2, 0) is 4.74 Å². The van der Waals surface area contributed by atoms with Crippen LogP contribution in [-0.4, -0.2) is 36.2 Å². The summed E-state index contributed by atoms with van der Waals surface area (Å²) >= 11 is 0. The summed E-state index contributed by atoms with van der Waals surface area (Å²) in [5, 5.41) is 3.03. The number of nitrogens with zero attached hydrogens (tertiary/aromatic N) is 1. The molecule has 1 spiro atoms. The molecular formula is C19H28N2O2. The molecule has 1 aromatic carbocycles. The smallest absolute Gasteiger partial charge is 0.408 e. The van der Waals surface area contributed by atoms with Gasteiger partial charge in [0.1, 0.15) is 5.60 Å². The normalized spacial score (nSPS) is 23.7. The molecule has 2 aliphatic rings. The van der Waals surface area contributed by atoms with E-state index in [9.17, 15) is 4.79 Å². The number of likely N-dealkylation sites (tertiary alicyclic amines) is 1. The van der Waals surface area contributed by atoms with Crippen molar-refractivity contribution >= 4 is 6.09 Å². The van der Waals surface area contributed by atoms with Crippen molar-refractivity contribution in [3.8, 4) is 0 Å². The third kappa shape index (κ3) is 3.69. The number of benzene rings is 1. The maximum absolute atomic E-state index is 11.9. The lowest BCUT2D eigenvalue weighted by molar-refractivity contribution is -0.0193. The van der Waals surface area contributed by atoms with E-state index in [1.165, 1.54) is 32.2 Å². The molecule has 1 N–H and O–H groups in total. The summed E-state index contributed by atoms with van der Waals surface area (Å²) in [5.74, 6) is 0. The molecular weight excluding hydrogens is 288 g/mol. The molecule has 1 amide bonds. The summed E-state index contributed by atoms with van der Waals surface area (Å²) in [6.07, 6.45) is 6.77. The molecule has 23 heavy (non-hydrogen) atoms. The van der Waals surface area contributed by atoms with Crippen molar-refractivity contribution in [3.63, 3.8) is 0 Å². The summed E-state index contributed by atoms with van der Waals surface area (Å²) in [7, 11) is 0. The zero-order valence-corrected chi connectivity index (χ0v) is 14.1. The van der Waals surface area contributed by atoms with Gasteiger partial charge in [-0.25, -0.2) is 4.79 Å². The molecule has 0 aliphatic carbocycles. The summed E-state index contributed by atoms with van der Waals surface area (Å²) in [6.45, 7) is 5.46. The molecule has 0 bridgehead atoms. The number of rotatable bonds is 6. The molecule has 0 radical (unpaired) electrons. The predicted molar refractivity (Wildman–Crippen MR) is 91.3 cm³/mol. The zero-order valence-electron chi connectivity index (χ0n) is 14.1. The number of hydrogen-bond acceptors (Lipinski definition) is 3. The minimum absolute atomic E-state index is 0.0153. The van der Waals surface area contributed by atoms with Gasteiger partial charge in [-0.1, -0.05) is 56.5 Å². The summed E-state index contributed by atoms with van der Waals surface area (Å²) < 4.78 is 5.77. The average Bonchev–Trinajstić information content (AvgIpc) is 2.90. The van der Waals surface area contributed by atoms with Crippen LogP contribution in [0.1, 0.15) is 57.1 Å². The van der Waals surface area contributed by atoms with Gasteiger partial charge in [0.2, 0.25) is 0 Å². The first-order chi connectivity index (χ1) is 11.2. The van der Waals surface area contributed by atoms with Crippen LogP contribution >= 0.6 is 0 Å². The molecule has 4 heteroatoms. The highest BCUT2D eigenvalue weighted by Crippen LogP contribution is 2.42. The summed E-state index contributed by atoms with van der Waals surface area (Å²) in [4.78, 5) is 14.4. The van der Waals surface area contributed by atoms with E-state index in [1.807, 2.05) is 18.2 Å². The van der Waals surface area contributed by atoms with Crippen LogP contribution in [0.4, 0.5) is 4.79 Å². The second-order valence-corrected chi connectivity index (χ2v) is 6.84. The second-order valence-electron chi connectivity index (χ2n) is 6.84. The highest BCUT2D eigenvalue weighted by molar-refractivity contribution is 5.71. The van der Waals surface area contributed by atoms with E-state index in [0.717, 1.165) is 31.5 Å². The minimum Gasteiger partial charge on any atom is -0.440 e. The standard InChI is InChI=1S/C19H28N2O2/c1-2-3-4-8-13-21-14-11-19(12-15-21)17(20-18(22)23-19)16-9-6-5-7-10-16/h5-7,9-10,17H,2-4,8,11-15H2,1H3,(H,20,22). The van der Waals surface area contributed by atoms with Gasteiger partial charge in [-0.2, -0.15) is 0 Å². The lowest BCUT2D eigenvalue weighted by Crippen LogP contribution is -2.48. The first kappa shape index (κ1) is 16.3. The van der Waals surface area contributed by atoms with Crippen LogP contribution < -0.4 is 5.32 Å². The summed E-state index contributed by atoms with van der Waals surface area (Å²) in [5.41, 5.74) is 0.785. The van der Waals surface area contributed by atoms with Crippen LogP contribution in [0.3, 0.4) is 0 Å². The van der Waals surface area contributed by atoms with E-state index in [-0.39, 0.29) is 17.7 Å². The number of carbonyl (C=O) groups is 1. The maximum Gasteiger partial charge on any atom is 0.408 e. The monoisotopic (exact) mass is 316 g/mol. The molecule has 2 heterocycles. The predicted octanol–water partition coefficient (Wildman–Crippen LogP) is 3.88. The van der Waals surface area contributed by atoms with E-state index < -0.39 is 0 Å². The molecule has 2 fully saturated rings. The first-order valence-electron chi connectivity index (χ1n) is 9.00. The Morgan fingerprint density at radius 1 is 1.17 bits per heavy atom. The van der Waals surface area contributed by atoms with Crippen molar-refractivity contribution in [2.75, 3.05) is 19.6 Å².